The summed E-state index contributed by atoms with van der Waals surface area (Å²) in [5.74, 6) is 0. The van der Waals surface area contributed by atoms with Gasteiger partial charge in [-0.1, -0.05) is 55.2 Å². The van der Waals surface area contributed by atoms with Gasteiger partial charge in [-0.2, -0.15) is 0 Å². The fourth-order valence-electron chi connectivity index (χ4n) is 1.47. The summed E-state index contributed by atoms with van der Waals surface area (Å²) in [5, 5.41) is 12.4. The molecule has 1 N–H and O–H groups in total. The van der Waals surface area contributed by atoms with Crippen LogP contribution in [-0.4, -0.2) is 10.4 Å². The minimum absolute atomic E-state index is 0.0758. The van der Waals surface area contributed by atoms with Gasteiger partial charge in [-0.15, -0.1) is 0 Å². The van der Waals surface area contributed by atoms with Gasteiger partial charge in [0, 0.05) is 10.6 Å². The standard InChI is InChI=1S/C12H15Cl2NO/c1-12(2,3)7-9-6-8(11(14)15-16)4-5-10(9)13/h4-6,16H,7H2,1-3H3/b15-11+. The number of hydrogen-bond donors (Lipinski definition) is 1. The molecular formula is C12H15Cl2NO. The molecule has 88 valence electrons. The maximum Gasteiger partial charge on any atom is 0.175 e. The van der Waals surface area contributed by atoms with E-state index in [4.69, 9.17) is 28.4 Å². The molecule has 2 nitrogen and oxygen atoms in total. The molecule has 1 aromatic rings. The minimum Gasteiger partial charge on any atom is -0.410 e. The zero-order chi connectivity index (χ0) is 12.3. The third-order valence-corrected chi connectivity index (χ3v) is 2.76. The first-order chi connectivity index (χ1) is 7.33. The van der Waals surface area contributed by atoms with E-state index in [9.17, 15) is 0 Å². The van der Waals surface area contributed by atoms with Crippen LogP contribution < -0.4 is 0 Å². The number of halogens is 2. The zero-order valence-electron chi connectivity index (χ0n) is 9.59. The summed E-state index contributed by atoms with van der Waals surface area (Å²) >= 11 is 11.8. The maximum atomic E-state index is 8.60. The lowest BCUT2D eigenvalue weighted by atomic mass is 9.87. The summed E-state index contributed by atoms with van der Waals surface area (Å²) in [4.78, 5) is 0. The molecule has 0 bridgehead atoms. The molecule has 0 radical (unpaired) electrons. The van der Waals surface area contributed by atoms with E-state index in [0.717, 1.165) is 12.0 Å². The van der Waals surface area contributed by atoms with Crippen LogP contribution in [0.3, 0.4) is 0 Å². The van der Waals surface area contributed by atoms with Crippen LogP contribution in [0, 0.1) is 5.41 Å². The van der Waals surface area contributed by atoms with E-state index in [1.807, 2.05) is 6.07 Å². The Bertz CT molecular complexity index is 408. The molecule has 0 heterocycles. The quantitative estimate of drug-likeness (QED) is 0.480. The predicted molar refractivity (Wildman–Crippen MR) is 68.8 cm³/mol. The Hall–Kier alpha value is -0.730. The fraction of sp³-hybridized carbons (Fsp3) is 0.417. The number of oxime groups is 1. The molecule has 0 spiro atoms. The topological polar surface area (TPSA) is 32.6 Å². The highest BCUT2D eigenvalue weighted by Crippen LogP contribution is 2.27. The lowest BCUT2D eigenvalue weighted by molar-refractivity contribution is 0.321. The normalized spacial score (nSPS) is 12.9. The molecule has 0 unspecified atom stereocenters. The minimum atomic E-state index is 0.0758. The van der Waals surface area contributed by atoms with Crippen molar-refractivity contribution < 1.29 is 5.21 Å². The van der Waals surface area contributed by atoms with Crippen molar-refractivity contribution in [1.29, 1.82) is 0 Å². The Morgan fingerprint density at radius 2 is 2.00 bits per heavy atom. The van der Waals surface area contributed by atoms with E-state index >= 15 is 0 Å². The van der Waals surface area contributed by atoms with Crippen LogP contribution in [0.1, 0.15) is 31.9 Å². The van der Waals surface area contributed by atoms with Crippen molar-refractivity contribution in [3.63, 3.8) is 0 Å². The number of hydrogen-bond acceptors (Lipinski definition) is 2. The van der Waals surface area contributed by atoms with E-state index in [2.05, 4.69) is 25.9 Å². The molecule has 0 aliphatic carbocycles. The number of benzene rings is 1. The van der Waals surface area contributed by atoms with Crippen molar-refractivity contribution in [3.8, 4) is 0 Å². The Kier molecular flexibility index (Phi) is 4.22. The highest BCUT2D eigenvalue weighted by molar-refractivity contribution is 6.69. The van der Waals surface area contributed by atoms with Gasteiger partial charge in [0.25, 0.3) is 0 Å². The molecule has 0 fully saturated rings. The number of rotatable bonds is 2. The zero-order valence-corrected chi connectivity index (χ0v) is 11.1. The van der Waals surface area contributed by atoms with Crippen LogP contribution in [0.15, 0.2) is 23.4 Å². The average Bonchev–Trinajstić information content (AvgIpc) is 2.18. The Balaban J connectivity index is 3.09. The molecule has 0 amide bonds. The van der Waals surface area contributed by atoms with Gasteiger partial charge in [0.05, 0.1) is 0 Å². The first kappa shape index (κ1) is 13.3. The van der Waals surface area contributed by atoms with Crippen LogP contribution in [0.4, 0.5) is 0 Å². The Labute approximate surface area is 106 Å². The van der Waals surface area contributed by atoms with Crippen molar-refractivity contribution in [1.82, 2.24) is 0 Å². The fourth-order valence-corrected chi connectivity index (χ4v) is 1.77. The summed E-state index contributed by atoms with van der Waals surface area (Å²) in [6, 6.07) is 5.36. The molecule has 1 rings (SSSR count). The monoisotopic (exact) mass is 259 g/mol. The molecule has 0 aromatic heterocycles. The molecule has 0 aliphatic rings. The highest BCUT2D eigenvalue weighted by Gasteiger charge is 2.14. The van der Waals surface area contributed by atoms with Gasteiger partial charge in [-0.3, -0.25) is 0 Å². The lowest BCUT2D eigenvalue weighted by Gasteiger charge is -2.19. The van der Waals surface area contributed by atoms with Crippen molar-refractivity contribution in [2.45, 2.75) is 27.2 Å². The van der Waals surface area contributed by atoms with Crippen LogP contribution in [0.25, 0.3) is 0 Å². The largest absolute Gasteiger partial charge is 0.410 e. The molecule has 4 heteroatoms. The summed E-state index contributed by atoms with van der Waals surface area (Å²) in [6.07, 6.45) is 0.843. The van der Waals surface area contributed by atoms with E-state index in [1.54, 1.807) is 12.1 Å². The Morgan fingerprint density at radius 3 is 2.50 bits per heavy atom. The van der Waals surface area contributed by atoms with Gasteiger partial charge in [-0.05, 0) is 29.5 Å². The first-order valence-electron chi connectivity index (χ1n) is 5.00. The van der Waals surface area contributed by atoms with Crippen molar-refractivity contribution in [2.24, 2.45) is 10.6 Å². The molecule has 16 heavy (non-hydrogen) atoms. The van der Waals surface area contributed by atoms with Gasteiger partial charge in [-0.25, -0.2) is 0 Å². The van der Waals surface area contributed by atoms with E-state index in [0.29, 0.717) is 10.6 Å². The molecule has 0 saturated heterocycles. The SMILES string of the molecule is CC(C)(C)Cc1cc(/C(Cl)=N\O)ccc1Cl. The smallest absolute Gasteiger partial charge is 0.175 e. The van der Waals surface area contributed by atoms with Crippen LogP contribution >= 0.6 is 23.2 Å². The second-order valence-electron chi connectivity index (χ2n) is 4.93. The van der Waals surface area contributed by atoms with Gasteiger partial charge >= 0.3 is 0 Å². The summed E-state index contributed by atoms with van der Waals surface area (Å²) < 4.78 is 0. The van der Waals surface area contributed by atoms with Gasteiger partial charge in [0.1, 0.15) is 0 Å². The molecule has 0 saturated carbocycles. The summed E-state index contributed by atoms with van der Waals surface area (Å²) in [6.45, 7) is 6.41. The van der Waals surface area contributed by atoms with Crippen molar-refractivity contribution in [2.75, 3.05) is 0 Å². The second-order valence-corrected chi connectivity index (χ2v) is 5.70. The molecule has 0 atom stereocenters. The second kappa shape index (κ2) is 5.07. The van der Waals surface area contributed by atoms with E-state index < -0.39 is 0 Å². The predicted octanol–water partition coefficient (Wildman–Crippen LogP) is 4.30. The van der Waals surface area contributed by atoms with Gasteiger partial charge < -0.3 is 5.21 Å². The number of nitrogens with zero attached hydrogens (tertiary/aromatic N) is 1. The van der Waals surface area contributed by atoms with Crippen LogP contribution in [0.2, 0.25) is 5.02 Å². The summed E-state index contributed by atoms with van der Waals surface area (Å²) in [7, 11) is 0. The third kappa shape index (κ3) is 3.69. The van der Waals surface area contributed by atoms with Crippen molar-refractivity contribution >= 4 is 28.4 Å². The highest BCUT2D eigenvalue weighted by atomic mass is 35.5. The van der Waals surface area contributed by atoms with E-state index in [-0.39, 0.29) is 10.6 Å². The average molecular weight is 260 g/mol. The maximum absolute atomic E-state index is 8.60. The molecular weight excluding hydrogens is 245 g/mol. The van der Waals surface area contributed by atoms with Crippen molar-refractivity contribution in [3.05, 3.63) is 34.3 Å². The molecule has 1 aromatic carbocycles. The van der Waals surface area contributed by atoms with Gasteiger partial charge in [0.15, 0.2) is 5.17 Å². The molecule has 0 aliphatic heterocycles. The van der Waals surface area contributed by atoms with E-state index in [1.165, 1.54) is 0 Å². The summed E-state index contributed by atoms with van der Waals surface area (Å²) in [5.41, 5.74) is 1.83. The Morgan fingerprint density at radius 1 is 1.38 bits per heavy atom. The van der Waals surface area contributed by atoms with Crippen LogP contribution in [0.5, 0.6) is 0 Å². The lowest BCUT2D eigenvalue weighted by Crippen LogP contribution is -2.10. The van der Waals surface area contributed by atoms with Gasteiger partial charge in [0.2, 0.25) is 0 Å². The third-order valence-electron chi connectivity index (χ3n) is 2.09. The first-order valence-corrected chi connectivity index (χ1v) is 5.75. The van der Waals surface area contributed by atoms with Crippen LogP contribution in [-0.2, 0) is 6.42 Å².